The van der Waals surface area contributed by atoms with E-state index in [1.807, 2.05) is 12.3 Å². The van der Waals surface area contributed by atoms with E-state index >= 15 is 0 Å². The summed E-state index contributed by atoms with van der Waals surface area (Å²) < 4.78 is 2.51. The van der Waals surface area contributed by atoms with Crippen molar-refractivity contribution >= 4 is 21.6 Å². The van der Waals surface area contributed by atoms with Gasteiger partial charge >= 0.3 is 0 Å². The molecule has 2 heterocycles. The summed E-state index contributed by atoms with van der Waals surface area (Å²) in [5.74, 6) is 0.830. The van der Waals surface area contributed by atoms with Gasteiger partial charge in [0.15, 0.2) is 0 Å². The molecule has 0 spiro atoms. The Labute approximate surface area is 129 Å². The van der Waals surface area contributed by atoms with E-state index in [4.69, 9.17) is 0 Å². The lowest BCUT2D eigenvalue weighted by molar-refractivity contribution is 0.340. The van der Waals surface area contributed by atoms with Gasteiger partial charge in [0.05, 0.1) is 11.8 Å². The van der Waals surface area contributed by atoms with Gasteiger partial charge in [-0.25, -0.2) is 4.98 Å². The lowest BCUT2D eigenvalue weighted by Gasteiger charge is -2.21. The molecule has 2 aromatic heterocycles. The second-order valence-electron chi connectivity index (χ2n) is 6.05. The predicted molar refractivity (Wildman–Crippen MR) is 88.1 cm³/mol. The maximum Gasteiger partial charge on any atom is 0.271 e. The molecule has 0 radical (unpaired) electrons. The first-order valence-corrected chi connectivity index (χ1v) is 8.77. The minimum atomic E-state index is 0.0950. The van der Waals surface area contributed by atoms with Crippen LogP contribution in [0.3, 0.4) is 0 Å². The molecule has 5 heteroatoms. The van der Waals surface area contributed by atoms with Gasteiger partial charge in [-0.05, 0) is 43.2 Å². The molecule has 0 unspecified atom stereocenters. The van der Waals surface area contributed by atoms with Gasteiger partial charge in [-0.15, -0.1) is 11.3 Å². The molecule has 1 aliphatic carbocycles. The van der Waals surface area contributed by atoms with Crippen LogP contribution in [0.5, 0.6) is 0 Å². The minimum Gasteiger partial charge on any atom is -0.315 e. The third-order valence-corrected chi connectivity index (χ3v) is 5.49. The summed E-state index contributed by atoms with van der Waals surface area (Å²) in [7, 11) is 0. The summed E-state index contributed by atoms with van der Waals surface area (Å²) in [6, 6.07) is 0. The Kier molecular flexibility index (Phi) is 4.70. The molecule has 0 amide bonds. The topological polar surface area (TPSA) is 46.9 Å². The van der Waals surface area contributed by atoms with Crippen LogP contribution in [0.25, 0.3) is 10.2 Å². The molecule has 0 atom stereocenters. The molecular formula is C16H23N3OS. The second-order valence-corrected chi connectivity index (χ2v) is 6.93. The second kappa shape index (κ2) is 6.71. The normalized spacial score (nSPS) is 16.6. The Bertz CT molecular complexity index is 655. The lowest BCUT2D eigenvalue weighted by atomic mass is 9.89. The highest BCUT2D eigenvalue weighted by Crippen LogP contribution is 2.22. The van der Waals surface area contributed by atoms with Crippen LogP contribution in [0.15, 0.2) is 16.5 Å². The Balaban J connectivity index is 1.55. The van der Waals surface area contributed by atoms with Gasteiger partial charge in [0.2, 0.25) is 0 Å². The summed E-state index contributed by atoms with van der Waals surface area (Å²) in [6.45, 7) is 4.63. The fourth-order valence-corrected chi connectivity index (χ4v) is 4.07. The minimum absolute atomic E-state index is 0.0950. The molecule has 0 aliphatic heterocycles. The molecule has 2 aromatic rings. The average Bonchev–Trinajstić information content (AvgIpc) is 2.89. The van der Waals surface area contributed by atoms with Crippen LogP contribution in [0.1, 0.15) is 37.7 Å². The zero-order chi connectivity index (χ0) is 14.7. The van der Waals surface area contributed by atoms with E-state index < -0.39 is 0 Å². The molecule has 114 valence electrons. The first kappa shape index (κ1) is 14.7. The monoisotopic (exact) mass is 305 g/mol. The molecule has 1 fully saturated rings. The fourth-order valence-electron chi connectivity index (χ4n) is 3.12. The Morgan fingerprint density at radius 3 is 3.00 bits per heavy atom. The highest BCUT2D eigenvalue weighted by Gasteiger charge is 2.12. The average molecular weight is 305 g/mol. The van der Waals surface area contributed by atoms with Gasteiger partial charge in [-0.3, -0.25) is 9.36 Å². The van der Waals surface area contributed by atoms with Crippen LogP contribution in [-0.4, -0.2) is 22.6 Å². The highest BCUT2D eigenvalue weighted by atomic mass is 32.1. The standard InChI is InChI=1S/C16H23N3OS/c1-12-10-21-15-14(12)18-11-19(16(15)20)8-7-17-9-13-5-3-2-4-6-13/h10-11,13,17H,2-9H2,1H3. The number of thiophene rings is 1. The van der Waals surface area contributed by atoms with Gasteiger partial charge in [-0.1, -0.05) is 19.3 Å². The van der Waals surface area contributed by atoms with Crippen molar-refractivity contribution in [3.63, 3.8) is 0 Å². The zero-order valence-corrected chi connectivity index (χ0v) is 13.4. The molecular weight excluding hydrogens is 282 g/mol. The molecule has 0 saturated heterocycles. The molecule has 0 bridgehead atoms. The van der Waals surface area contributed by atoms with Crippen LogP contribution >= 0.6 is 11.3 Å². The van der Waals surface area contributed by atoms with Gasteiger partial charge in [0.25, 0.3) is 5.56 Å². The summed E-state index contributed by atoms with van der Waals surface area (Å²) in [6.07, 6.45) is 8.56. The van der Waals surface area contributed by atoms with E-state index in [-0.39, 0.29) is 5.56 Å². The van der Waals surface area contributed by atoms with Crippen molar-refractivity contribution in [1.82, 2.24) is 14.9 Å². The summed E-state index contributed by atoms with van der Waals surface area (Å²) in [4.78, 5) is 16.8. The SMILES string of the molecule is Cc1csc2c(=O)n(CCNCC3CCCCC3)cnc12. The number of aryl methyl sites for hydroxylation is 1. The Morgan fingerprint density at radius 2 is 2.19 bits per heavy atom. The van der Waals surface area contributed by atoms with Crippen molar-refractivity contribution in [2.45, 2.75) is 45.6 Å². The van der Waals surface area contributed by atoms with Crippen molar-refractivity contribution in [1.29, 1.82) is 0 Å². The van der Waals surface area contributed by atoms with E-state index in [1.54, 1.807) is 10.9 Å². The van der Waals surface area contributed by atoms with Crippen LogP contribution < -0.4 is 10.9 Å². The number of aromatic nitrogens is 2. The number of rotatable bonds is 5. The Hall–Kier alpha value is -1.20. The van der Waals surface area contributed by atoms with Crippen molar-refractivity contribution in [3.05, 3.63) is 27.6 Å². The van der Waals surface area contributed by atoms with Gasteiger partial charge in [0.1, 0.15) is 4.70 Å². The smallest absolute Gasteiger partial charge is 0.271 e. The van der Waals surface area contributed by atoms with Crippen molar-refractivity contribution in [2.75, 3.05) is 13.1 Å². The number of nitrogens with one attached hydrogen (secondary N) is 1. The van der Waals surface area contributed by atoms with Gasteiger partial charge in [-0.2, -0.15) is 0 Å². The van der Waals surface area contributed by atoms with Crippen molar-refractivity contribution in [2.24, 2.45) is 5.92 Å². The number of hydrogen-bond acceptors (Lipinski definition) is 4. The molecule has 0 aromatic carbocycles. The molecule has 21 heavy (non-hydrogen) atoms. The fraction of sp³-hybridized carbons (Fsp3) is 0.625. The predicted octanol–water partition coefficient (Wildman–Crippen LogP) is 2.94. The number of nitrogens with zero attached hydrogens (tertiary/aromatic N) is 2. The van der Waals surface area contributed by atoms with Gasteiger partial charge < -0.3 is 5.32 Å². The Morgan fingerprint density at radius 1 is 1.38 bits per heavy atom. The van der Waals surface area contributed by atoms with E-state index in [0.717, 1.165) is 34.8 Å². The van der Waals surface area contributed by atoms with Crippen molar-refractivity contribution in [3.8, 4) is 0 Å². The van der Waals surface area contributed by atoms with Crippen LogP contribution in [0, 0.1) is 12.8 Å². The zero-order valence-electron chi connectivity index (χ0n) is 12.6. The third kappa shape index (κ3) is 3.35. The molecule has 1 saturated carbocycles. The maximum atomic E-state index is 12.3. The van der Waals surface area contributed by atoms with Gasteiger partial charge in [0, 0.05) is 13.1 Å². The first-order valence-electron chi connectivity index (χ1n) is 7.89. The summed E-state index contributed by atoms with van der Waals surface area (Å²) >= 11 is 1.50. The summed E-state index contributed by atoms with van der Waals surface area (Å²) in [5.41, 5.74) is 2.05. The molecule has 3 rings (SSSR count). The first-order chi connectivity index (χ1) is 10.3. The highest BCUT2D eigenvalue weighted by molar-refractivity contribution is 7.17. The summed E-state index contributed by atoms with van der Waals surface area (Å²) in [5, 5.41) is 5.50. The lowest BCUT2D eigenvalue weighted by Crippen LogP contribution is -2.30. The van der Waals surface area contributed by atoms with E-state index in [2.05, 4.69) is 10.3 Å². The maximum absolute atomic E-state index is 12.3. The van der Waals surface area contributed by atoms with E-state index in [1.165, 1.54) is 43.4 Å². The quantitative estimate of drug-likeness (QED) is 0.864. The molecule has 1 N–H and O–H groups in total. The van der Waals surface area contributed by atoms with Crippen molar-refractivity contribution < 1.29 is 0 Å². The largest absolute Gasteiger partial charge is 0.315 e. The van der Waals surface area contributed by atoms with Crippen LogP contribution in [-0.2, 0) is 6.54 Å². The third-order valence-electron chi connectivity index (χ3n) is 4.41. The molecule has 4 nitrogen and oxygen atoms in total. The van der Waals surface area contributed by atoms with E-state index in [9.17, 15) is 4.79 Å². The van der Waals surface area contributed by atoms with Crippen LogP contribution in [0.2, 0.25) is 0 Å². The number of hydrogen-bond donors (Lipinski definition) is 1. The van der Waals surface area contributed by atoms with E-state index in [0.29, 0.717) is 6.54 Å². The van der Waals surface area contributed by atoms with Crippen LogP contribution in [0.4, 0.5) is 0 Å². The number of fused-ring (bicyclic) bond motifs is 1. The molecule has 1 aliphatic rings.